The van der Waals surface area contributed by atoms with Crippen LogP contribution < -0.4 is 5.32 Å². The predicted octanol–water partition coefficient (Wildman–Crippen LogP) is 0.840. The van der Waals surface area contributed by atoms with Crippen molar-refractivity contribution in [2.24, 2.45) is 0 Å². The van der Waals surface area contributed by atoms with Crippen molar-refractivity contribution in [3.8, 4) is 5.75 Å². The van der Waals surface area contributed by atoms with E-state index in [9.17, 15) is 14.7 Å². The van der Waals surface area contributed by atoms with Crippen molar-refractivity contribution in [2.75, 3.05) is 6.54 Å². The molecule has 0 atom stereocenters. The number of hydrogen-bond donors (Lipinski definition) is 3. The van der Waals surface area contributed by atoms with Gasteiger partial charge in [0.2, 0.25) is 0 Å². The maximum atomic E-state index is 12.1. The molecule has 3 rings (SSSR count). The number of aliphatic carboxylic acids is 1. The molecule has 1 amide bonds. The smallest absolute Gasteiger partial charge is 0.322 e. The number of carboxylic acid groups (broad SMARTS) is 1. The van der Waals surface area contributed by atoms with E-state index in [2.05, 4.69) is 15.4 Å². The molecular formula is C16H14N4O4. The minimum atomic E-state index is -1.18. The second-order valence-corrected chi connectivity index (χ2v) is 5.14. The van der Waals surface area contributed by atoms with Crippen molar-refractivity contribution in [3.63, 3.8) is 0 Å². The zero-order valence-electron chi connectivity index (χ0n) is 12.5. The summed E-state index contributed by atoms with van der Waals surface area (Å²) in [6.45, 7) is -0.555. The highest BCUT2D eigenvalue weighted by Crippen LogP contribution is 2.24. The maximum Gasteiger partial charge on any atom is 0.322 e. The van der Waals surface area contributed by atoms with Crippen molar-refractivity contribution in [1.82, 2.24) is 19.9 Å². The number of rotatable bonds is 5. The highest BCUT2D eigenvalue weighted by Gasteiger charge is 2.20. The number of fused-ring (bicyclic) bond motifs is 1. The number of nitrogens with zero attached hydrogens (tertiary/aromatic N) is 3. The van der Waals surface area contributed by atoms with Crippen LogP contribution in [0.1, 0.15) is 21.6 Å². The number of carboxylic acids is 1. The van der Waals surface area contributed by atoms with E-state index in [4.69, 9.17) is 5.11 Å². The Balaban J connectivity index is 2.00. The molecule has 0 saturated heterocycles. The van der Waals surface area contributed by atoms with E-state index in [0.29, 0.717) is 17.6 Å². The topological polar surface area (TPSA) is 117 Å². The Hall–Kier alpha value is -3.42. The van der Waals surface area contributed by atoms with Gasteiger partial charge in [-0.2, -0.15) is 5.10 Å². The second-order valence-electron chi connectivity index (χ2n) is 5.14. The largest absolute Gasteiger partial charge is 0.505 e. The molecule has 0 saturated carbocycles. The van der Waals surface area contributed by atoms with Crippen LogP contribution in [0.25, 0.3) is 5.65 Å². The lowest BCUT2D eigenvalue weighted by molar-refractivity contribution is -0.135. The SMILES string of the molecule is O=C(O)CNC(=O)c1c(O)cc(Cc2ccccc2)c2ncnn12. The van der Waals surface area contributed by atoms with Gasteiger partial charge >= 0.3 is 5.97 Å². The molecule has 3 aromatic rings. The van der Waals surface area contributed by atoms with Gasteiger partial charge in [-0.25, -0.2) is 9.50 Å². The van der Waals surface area contributed by atoms with Gasteiger partial charge < -0.3 is 15.5 Å². The molecule has 0 aliphatic heterocycles. The lowest BCUT2D eigenvalue weighted by Crippen LogP contribution is -2.31. The normalized spacial score (nSPS) is 10.7. The highest BCUT2D eigenvalue weighted by molar-refractivity contribution is 5.97. The van der Waals surface area contributed by atoms with Crippen LogP contribution in [-0.2, 0) is 11.2 Å². The van der Waals surface area contributed by atoms with Gasteiger partial charge in [0.25, 0.3) is 5.91 Å². The standard InChI is InChI=1S/C16H14N4O4/c21-12-7-11(6-10-4-2-1-3-5-10)15-18-9-19-20(15)14(12)16(24)17-8-13(22)23/h1-5,7,9,21H,6,8H2,(H,17,24)(H,22,23). The van der Waals surface area contributed by atoms with E-state index in [1.54, 1.807) is 0 Å². The van der Waals surface area contributed by atoms with Gasteiger partial charge in [-0.3, -0.25) is 9.59 Å². The molecule has 3 N–H and O–H groups in total. The number of carbonyl (C=O) groups is 2. The molecule has 0 bridgehead atoms. The molecular weight excluding hydrogens is 312 g/mol. The van der Waals surface area contributed by atoms with Crippen LogP contribution in [0.15, 0.2) is 42.7 Å². The summed E-state index contributed by atoms with van der Waals surface area (Å²) in [6, 6.07) is 11.1. The van der Waals surface area contributed by atoms with Crippen molar-refractivity contribution < 1.29 is 19.8 Å². The average molecular weight is 326 g/mol. The molecule has 8 nitrogen and oxygen atoms in total. The quantitative estimate of drug-likeness (QED) is 0.640. The van der Waals surface area contributed by atoms with Crippen LogP contribution in [-0.4, -0.2) is 43.2 Å². The summed E-state index contributed by atoms with van der Waals surface area (Å²) in [6.07, 6.45) is 1.78. The van der Waals surface area contributed by atoms with Gasteiger partial charge in [-0.05, 0) is 11.6 Å². The Kier molecular flexibility index (Phi) is 4.11. The summed E-state index contributed by atoms with van der Waals surface area (Å²) < 4.78 is 1.21. The van der Waals surface area contributed by atoms with E-state index in [0.717, 1.165) is 5.56 Å². The third-order valence-electron chi connectivity index (χ3n) is 3.45. The first-order valence-electron chi connectivity index (χ1n) is 7.14. The Labute approximate surface area is 136 Å². The number of pyridine rings is 1. The summed E-state index contributed by atoms with van der Waals surface area (Å²) in [4.78, 5) is 26.8. The molecule has 0 aliphatic rings. The Morgan fingerprint density at radius 3 is 2.67 bits per heavy atom. The molecule has 0 unspecified atom stereocenters. The molecule has 0 spiro atoms. The van der Waals surface area contributed by atoms with Crippen LogP contribution >= 0.6 is 0 Å². The van der Waals surface area contributed by atoms with E-state index < -0.39 is 18.4 Å². The van der Waals surface area contributed by atoms with Gasteiger partial charge in [0.1, 0.15) is 18.6 Å². The number of carbonyl (C=O) groups excluding carboxylic acids is 1. The van der Waals surface area contributed by atoms with Crippen LogP contribution in [0, 0.1) is 0 Å². The maximum absolute atomic E-state index is 12.1. The van der Waals surface area contributed by atoms with Crippen molar-refractivity contribution in [3.05, 3.63) is 59.5 Å². The fourth-order valence-electron chi connectivity index (χ4n) is 2.43. The minimum absolute atomic E-state index is 0.152. The summed E-state index contributed by atoms with van der Waals surface area (Å²) in [5.74, 6) is -2.21. The summed E-state index contributed by atoms with van der Waals surface area (Å²) in [5, 5.41) is 25.0. The first kappa shape index (κ1) is 15.5. The Morgan fingerprint density at radius 1 is 1.21 bits per heavy atom. The summed E-state index contributed by atoms with van der Waals surface area (Å²) in [7, 11) is 0. The fraction of sp³-hybridized carbons (Fsp3) is 0.125. The zero-order chi connectivity index (χ0) is 17.1. The number of nitrogens with one attached hydrogen (secondary N) is 1. The van der Waals surface area contributed by atoms with Crippen LogP contribution in [0.4, 0.5) is 0 Å². The molecule has 122 valence electrons. The third kappa shape index (κ3) is 3.02. The van der Waals surface area contributed by atoms with Crippen molar-refractivity contribution in [2.45, 2.75) is 6.42 Å². The molecule has 0 aliphatic carbocycles. The zero-order valence-corrected chi connectivity index (χ0v) is 12.5. The highest BCUT2D eigenvalue weighted by atomic mass is 16.4. The number of amides is 1. The fourth-order valence-corrected chi connectivity index (χ4v) is 2.43. The molecule has 0 fully saturated rings. The molecule has 24 heavy (non-hydrogen) atoms. The summed E-state index contributed by atoms with van der Waals surface area (Å²) >= 11 is 0. The van der Waals surface area contributed by atoms with E-state index in [1.165, 1.54) is 16.9 Å². The van der Waals surface area contributed by atoms with Crippen LogP contribution in [0.5, 0.6) is 5.75 Å². The van der Waals surface area contributed by atoms with Crippen molar-refractivity contribution in [1.29, 1.82) is 0 Å². The number of aromatic nitrogens is 3. The number of benzene rings is 1. The van der Waals surface area contributed by atoms with E-state index in [-0.39, 0.29) is 11.4 Å². The molecule has 2 heterocycles. The number of hydrogen-bond acceptors (Lipinski definition) is 5. The first-order valence-corrected chi connectivity index (χ1v) is 7.14. The van der Waals surface area contributed by atoms with Crippen molar-refractivity contribution >= 4 is 17.5 Å². The summed E-state index contributed by atoms with van der Waals surface area (Å²) in [5.41, 5.74) is 1.99. The molecule has 0 radical (unpaired) electrons. The lowest BCUT2D eigenvalue weighted by atomic mass is 10.1. The van der Waals surface area contributed by atoms with Gasteiger partial charge in [0, 0.05) is 12.0 Å². The molecule has 8 heteroatoms. The first-order chi connectivity index (χ1) is 11.6. The monoisotopic (exact) mass is 326 g/mol. The molecule has 2 aromatic heterocycles. The third-order valence-corrected chi connectivity index (χ3v) is 3.45. The minimum Gasteiger partial charge on any atom is -0.505 e. The number of aromatic hydroxyl groups is 1. The molecule has 1 aromatic carbocycles. The lowest BCUT2D eigenvalue weighted by Gasteiger charge is -2.10. The van der Waals surface area contributed by atoms with Crippen LogP contribution in [0.2, 0.25) is 0 Å². The Bertz CT molecular complexity index is 905. The van der Waals surface area contributed by atoms with Crippen LogP contribution in [0.3, 0.4) is 0 Å². The van der Waals surface area contributed by atoms with Gasteiger partial charge in [0.05, 0.1) is 0 Å². The van der Waals surface area contributed by atoms with Gasteiger partial charge in [-0.15, -0.1) is 0 Å². The van der Waals surface area contributed by atoms with E-state index in [1.807, 2.05) is 30.3 Å². The van der Waals surface area contributed by atoms with Gasteiger partial charge in [-0.1, -0.05) is 30.3 Å². The predicted molar refractivity (Wildman–Crippen MR) is 83.9 cm³/mol. The average Bonchev–Trinajstić information content (AvgIpc) is 3.03. The second kappa shape index (κ2) is 6.37. The van der Waals surface area contributed by atoms with E-state index >= 15 is 0 Å². The Morgan fingerprint density at radius 2 is 1.96 bits per heavy atom. The van der Waals surface area contributed by atoms with Gasteiger partial charge in [0.15, 0.2) is 11.3 Å².